The Morgan fingerprint density at radius 1 is 1.21 bits per heavy atom. The number of carbonyl (C=O) groups is 1. The summed E-state index contributed by atoms with van der Waals surface area (Å²) in [6.07, 6.45) is -4.84. The number of alkyl halides is 3. The van der Waals surface area contributed by atoms with E-state index in [0.717, 1.165) is 6.07 Å². The molecule has 0 aliphatic rings. The van der Waals surface area contributed by atoms with Crippen molar-refractivity contribution in [2.45, 2.75) is 6.18 Å². The Morgan fingerprint density at radius 2 is 1.88 bits per heavy atom. The fraction of sp³-hybridized carbons (Fsp3) is 0.200. The number of aliphatic hydroxyl groups excluding tert-OH is 1. The number of aliphatic hydroxyl groups is 1. The molecule has 1 heterocycles. The molecule has 2 rings (SSSR count). The quantitative estimate of drug-likeness (QED) is 0.686. The second-order valence-corrected chi connectivity index (χ2v) is 4.77. The summed E-state index contributed by atoms with van der Waals surface area (Å²) < 4.78 is 39.8. The number of aromatic amines is 1. The summed E-state index contributed by atoms with van der Waals surface area (Å²) in [7, 11) is 0. The molecule has 0 fully saturated rings. The predicted molar refractivity (Wildman–Crippen MR) is 81.6 cm³/mol. The van der Waals surface area contributed by atoms with Gasteiger partial charge < -0.3 is 20.7 Å². The lowest BCUT2D eigenvalue weighted by Crippen LogP contribution is -2.34. The zero-order valence-corrected chi connectivity index (χ0v) is 12.3. The van der Waals surface area contributed by atoms with Crippen molar-refractivity contribution in [2.75, 3.05) is 18.5 Å². The fourth-order valence-electron chi connectivity index (χ4n) is 2.01. The SMILES string of the molecule is O=C(NCCO)Nc1c(C(F)(F)F)cc(-c2ccccc2)[nH]c1=O. The highest BCUT2D eigenvalue weighted by Gasteiger charge is 2.36. The maximum absolute atomic E-state index is 13.3. The number of aromatic nitrogens is 1. The summed E-state index contributed by atoms with van der Waals surface area (Å²) in [6.45, 7) is -0.546. The smallest absolute Gasteiger partial charge is 0.395 e. The summed E-state index contributed by atoms with van der Waals surface area (Å²) in [5, 5.41) is 12.6. The van der Waals surface area contributed by atoms with Gasteiger partial charge in [0.1, 0.15) is 5.69 Å². The van der Waals surface area contributed by atoms with Gasteiger partial charge in [0, 0.05) is 12.2 Å². The van der Waals surface area contributed by atoms with E-state index < -0.39 is 29.0 Å². The number of urea groups is 1. The summed E-state index contributed by atoms with van der Waals surface area (Å²) in [4.78, 5) is 25.9. The highest BCUT2D eigenvalue weighted by Crippen LogP contribution is 2.34. The highest BCUT2D eigenvalue weighted by molar-refractivity contribution is 5.90. The van der Waals surface area contributed by atoms with Crippen LogP contribution in [0.1, 0.15) is 5.56 Å². The Labute approximate surface area is 134 Å². The number of H-pyrrole nitrogens is 1. The zero-order chi connectivity index (χ0) is 17.7. The molecule has 6 nitrogen and oxygen atoms in total. The molecule has 9 heteroatoms. The number of rotatable bonds is 4. The van der Waals surface area contributed by atoms with Crippen molar-refractivity contribution in [2.24, 2.45) is 0 Å². The first-order valence-electron chi connectivity index (χ1n) is 6.88. The van der Waals surface area contributed by atoms with Gasteiger partial charge in [0.2, 0.25) is 0 Å². The first-order valence-corrected chi connectivity index (χ1v) is 6.88. The monoisotopic (exact) mass is 341 g/mol. The van der Waals surface area contributed by atoms with Crippen LogP contribution in [0.3, 0.4) is 0 Å². The number of anilines is 1. The molecule has 0 aliphatic heterocycles. The van der Waals surface area contributed by atoms with Crippen LogP contribution < -0.4 is 16.2 Å². The summed E-state index contributed by atoms with van der Waals surface area (Å²) in [6, 6.07) is 7.77. The Balaban J connectivity index is 2.48. The van der Waals surface area contributed by atoms with E-state index in [1.165, 1.54) is 0 Å². The van der Waals surface area contributed by atoms with Crippen molar-refractivity contribution in [1.82, 2.24) is 10.3 Å². The molecule has 0 bridgehead atoms. The molecule has 2 amide bonds. The molecule has 1 aromatic carbocycles. The maximum Gasteiger partial charge on any atom is 0.418 e. The molecule has 2 aromatic rings. The highest BCUT2D eigenvalue weighted by atomic mass is 19.4. The van der Waals surface area contributed by atoms with Crippen molar-refractivity contribution < 1.29 is 23.1 Å². The van der Waals surface area contributed by atoms with E-state index in [4.69, 9.17) is 5.11 Å². The van der Waals surface area contributed by atoms with Crippen molar-refractivity contribution >= 4 is 11.7 Å². The third kappa shape index (κ3) is 4.13. The van der Waals surface area contributed by atoms with Gasteiger partial charge in [-0.25, -0.2) is 4.79 Å². The minimum atomic E-state index is -4.84. The average molecular weight is 341 g/mol. The number of nitrogens with one attached hydrogen (secondary N) is 3. The Hall–Kier alpha value is -2.81. The van der Waals surface area contributed by atoms with Gasteiger partial charge in [0.05, 0.1) is 12.2 Å². The summed E-state index contributed by atoms with van der Waals surface area (Å²) >= 11 is 0. The lowest BCUT2D eigenvalue weighted by molar-refractivity contribution is -0.137. The van der Waals surface area contributed by atoms with Crippen molar-refractivity contribution in [1.29, 1.82) is 0 Å². The summed E-state index contributed by atoms with van der Waals surface area (Å²) in [5.41, 5.74) is -2.87. The molecule has 0 unspecified atom stereocenters. The van der Waals surface area contributed by atoms with Gasteiger partial charge in [-0.2, -0.15) is 13.2 Å². The van der Waals surface area contributed by atoms with Gasteiger partial charge in [-0.3, -0.25) is 4.79 Å². The largest absolute Gasteiger partial charge is 0.418 e. The van der Waals surface area contributed by atoms with E-state index in [1.807, 2.05) is 5.32 Å². The molecule has 128 valence electrons. The molecular formula is C15H14F3N3O3. The van der Waals surface area contributed by atoms with Crippen LogP contribution >= 0.6 is 0 Å². The number of benzene rings is 1. The summed E-state index contributed by atoms with van der Waals surface area (Å²) in [5.74, 6) is 0. The first-order chi connectivity index (χ1) is 11.3. The van der Waals surface area contributed by atoms with Crippen LogP contribution in [-0.2, 0) is 6.18 Å². The van der Waals surface area contributed by atoms with Gasteiger partial charge in [-0.1, -0.05) is 30.3 Å². The molecule has 24 heavy (non-hydrogen) atoms. The third-order valence-electron chi connectivity index (χ3n) is 3.06. The van der Waals surface area contributed by atoms with E-state index in [0.29, 0.717) is 5.56 Å². The molecule has 4 N–H and O–H groups in total. The van der Waals surface area contributed by atoms with Crippen LogP contribution in [-0.4, -0.2) is 29.3 Å². The first kappa shape index (κ1) is 17.5. The van der Waals surface area contributed by atoms with E-state index in [2.05, 4.69) is 10.3 Å². The van der Waals surface area contributed by atoms with Crippen LogP contribution in [0.4, 0.5) is 23.7 Å². The standard InChI is InChI=1S/C15H14F3N3O3/c16-15(17,18)10-8-11(9-4-2-1-3-5-9)20-13(23)12(10)21-14(24)19-6-7-22/h1-5,8,22H,6-7H2,(H,20,23)(H2,19,21,24). The van der Waals surface area contributed by atoms with Gasteiger partial charge >= 0.3 is 12.2 Å². The van der Waals surface area contributed by atoms with Crippen LogP contribution in [0.15, 0.2) is 41.2 Å². The van der Waals surface area contributed by atoms with Crippen LogP contribution in [0.2, 0.25) is 0 Å². The number of pyridine rings is 1. The molecule has 0 saturated carbocycles. The number of halogens is 3. The van der Waals surface area contributed by atoms with Gasteiger partial charge in [-0.15, -0.1) is 0 Å². The van der Waals surface area contributed by atoms with Crippen LogP contribution in [0.25, 0.3) is 11.3 Å². The second-order valence-electron chi connectivity index (χ2n) is 4.77. The predicted octanol–water partition coefficient (Wildman–Crippen LogP) is 2.17. The van der Waals surface area contributed by atoms with E-state index in [9.17, 15) is 22.8 Å². The fourth-order valence-corrected chi connectivity index (χ4v) is 2.01. The number of carbonyl (C=O) groups excluding carboxylic acids is 1. The minimum Gasteiger partial charge on any atom is -0.395 e. The molecular weight excluding hydrogens is 327 g/mol. The molecule has 1 aromatic heterocycles. The van der Waals surface area contributed by atoms with Gasteiger partial charge in [0.15, 0.2) is 0 Å². The Kier molecular flexibility index (Phi) is 5.24. The van der Waals surface area contributed by atoms with Gasteiger partial charge in [-0.05, 0) is 11.6 Å². The molecule has 0 radical (unpaired) electrons. The van der Waals surface area contributed by atoms with Crippen LogP contribution in [0.5, 0.6) is 0 Å². The number of hydrogen-bond acceptors (Lipinski definition) is 3. The number of hydrogen-bond donors (Lipinski definition) is 4. The van der Waals surface area contributed by atoms with E-state index in [-0.39, 0.29) is 18.8 Å². The van der Waals surface area contributed by atoms with Crippen molar-refractivity contribution in [3.63, 3.8) is 0 Å². The molecule has 0 aliphatic carbocycles. The van der Waals surface area contributed by atoms with Crippen molar-refractivity contribution in [3.8, 4) is 11.3 Å². The molecule has 0 saturated heterocycles. The van der Waals surface area contributed by atoms with Crippen molar-refractivity contribution in [3.05, 3.63) is 52.3 Å². The normalized spacial score (nSPS) is 11.2. The lowest BCUT2D eigenvalue weighted by Gasteiger charge is -2.15. The maximum atomic E-state index is 13.3. The minimum absolute atomic E-state index is 0.0192. The second kappa shape index (κ2) is 7.18. The van der Waals surface area contributed by atoms with Gasteiger partial charge in [0.25, 0.3) is 5.56 Å². The zero-order valence-electron chi connectivity index (χ0n) is 12.3. The lowest BCUT2D eigenvalue weighted by atomic mass is 10.1. The van der Waals surface area contributed by atoms with Crippen LogP contribution in [0, 0.1) is 0 Å². The average Bonchev–Trinajstić information content (AvgIpc) is 2.54. The van der Waals surface area contributed by atoms with E-state index >= 15 is 0 Å². The van der Waals surface area contributed by atoms with E-state index in [1.54, 1.807) is 30.3 Å². The topological polar surface area (TPSA) is 94.2 Å². The molecule has 0 spiro atoms. The number of amides is 2. The third-order valence-corrected chi connectivity index (χ3v) is 3.06. The molecule has 0 atom stereocenters. The Morgan fingerprint density at radius 3 is 2.46 bits per heavy atom. The Bertz CT molecular complexity index is 773.